The summed E-state index contributed by atoms with van der Waals surface area (Å²) in [6.45, 7) is 0. The number of hydrogen-bond acceptors (Lipinski definition) is 6. The fraction of sp³-hybridized carbons (Fsp3) is 0.125. The maximum absolute atomic E-state index is 12.1. The van der Waals surface area contributed by atoms with Gasteiger partial charge in [-0.15, -0.1) is 0 Å². The number of benzene rings is 2. The molecule has 0 aliphatic carbocycles. The molecule has 9 heteroatoms. The Morgan fingerprint density at radius 1 is 1.00 bits per heavy atom. The van der Waals surface area contributed by atoms with Crippen molar-refractivity contribution in [1.29, 1.82) is 0 Å². The molecular formula is C16H16N2O6S. The number of carbonyl (C=O) groups is 2. The lowest BCUT2D eigenvalue weighted by molar-refractivity contribution is -0.136. The molecule has 0 bridgehead atoms. The van der Waals surface area contributed by atoms with Gasteiger partial charge in [-0.1, -0.05) is 18.2 Å². The molecule has 0 saturated carbocycles. The summed E-state index contributed by atoms with van der Waals surface area (Å²) in [7, 11) is -3.95. The monoisotopic (exact) mass is 364 g/mol. The molecule has 0 saturated heterocycles. The van der Waals surface area contributed by atoms with Crippen LogP contribution in [0.4, 0.5) is 5.69 Å². The zero-order valence-corrected chi connectivity index (χ0v) is 13.7. The van der Waals surface area contributed by atoms with E-state index in [2.05, 4.69) is 5.32 Å². The average molecular weight is 364 g/mol. The molecule has 0 radical (unpaired) electrons. The molecule has 0 aliphatic heterocycles. The van der Waals surface area contributed by atoms with Gasteiger partial charge in [0.2, 0.25) is 0 Å². The Morgan fingerprint density at radius 2 is 1.60 bits per heavy atom. The molecular weight excluding hydrogens is 348 g/mol. The first-order valence-electron chi connectivity index (χ1n) is 7.15. The summed E-state index contributed by atoms with van der Waals surface area (Å²) >= 11 is 0. The van der Waals surface area contributed by atoms with Crippen molar-refractivity contribution >= 4 is 27.3 Å². The lowest BCUT2D eigenvalue weighted by atomic mass is 10.2. The summed E-state index contributed by atoms with van der Waals surface area (Å²) in [5, 5.41) is 20.4. The molecule has 0 aliphatic rings. The topological polar surface area (TPSA) is 133 Å². The van der Waals surface area contributed by atoms with Crippen molar-refractivity contribution < 1.29 is 28.3 Å². The Kier molecular flexibility index (Phi) is 5.86. The van der Waals surface area contributed by atoms with Gasteiger partial charge >= 0.3 is 0 Å². The van der Waals surface area contributed by atoms with Crippen molar-refractivity contribution in [2.45, 2.75) is 11.0 Å². The number of aliphatic hydroxyl groups is 1. The second-order valence-corrected chi connectivity index (χ2v) is 7.15. The van der Waals surface area contributed by atoms with Crippen LogP contribution in [0.5, 0.6) is 0 Å². The summed E-state index contributed by atoms with van der Waals surface area (Å²) in [4.78, 5) is 22.9. The lowest BCUT2D eigenvalue weighted by Crippen LogP contribution is -2.37. The largest absolute Gasteiger partial charge is 0.382 e. The van der Waals surface area contributed by atoms with Crippen LogP contribution < -0.4 is 10.8 Å². The third kappa shape index (κ3) is 4.86. The molecule has 2 aromatic rings. The zero-order valence-electron chi connectivity index (χ0n) is 12.9. The van der Waals surface area contributed by atoms with E-state index in [0.29, 0.717) is 11.3 Å². The van der Waals surface area contributed by atoms with Gasteiger partial charge in [0.15, 0.2) is 9.84 Å². The second kappa shape index (κ2) is 7.88. The Hall–Kier alpha value is -2.75. The minimum absolute atomic E-state index is 0.130. The summed E-state index contributed by atoms with van der Waals surface area (Å²) in [6, 6.07) is 13.8. The van der Waals surface area contributed by atoms with Crippen molar-refractivity contribution in [3.63, 3.8) is 0 Å². The highest BCUT2D eigenvalue weighted by molar-refractivity contribution is 7.91. The quantitative estimate of drug-likeness (QED) is 0.438. The molecule has 0 spiro atoms. The molecule has 4 N–H and O–H groups in total. The highest BCUT2D eigenvalue weighted by Gasteiger charge is 2.24. The van der Waals surface area contributed by atoms with Crippen LogP contribution in [0, 0.1) is 0 Å². The van der Waals surface area contributed by atoms with Crippen molar-refractivity contribution in [2.75, 3.05) is 11.1 Å². The van der Waals surface area contributed by atoms with Crippen LogP contribution in [0.2, 0.25) is 0 Å². The van der Waals surface area contributed by atoms with E-state index >= 15 is 0 Å². The number of hydroxylamine groups is 1. The number of rotatable bonds is 6. The number of amides is 2. The molecule has 1 unspecified atom stereocenters. The van der Waals surface area contributed by atoms with Crippen molar-refractivity contribution in [3.8, 4) is 0 Å². The lowest BCUT2D eigenvalue weighted by Gasteiger charge is -2.10. The second-order valence-electron chi connectivity index (χ2n) is 5.12. The average Bonchev–Trinajstić information content (AvgIpc) is 2.61. The standard InChI is InChI=1S/C16H16N2O6S/c19-14(16(21)18-22)10-25(23,24)13-8-6-12(7-9-13)17-15(20)11-4-2-1-3-5-11/h1-9,14,19,22H,10H2,(H,17,20)(H,18,21). The van der Waals surface area contributed by atoms with Gasteiger partial charge in [-0.3, -0.25) is 14.8 Å². The van der Waals surface area contributed by atoms with E-state index in [1.165, 1.54) is 29.7 Å². The van der Waals surface area contributed by atoms with Crippen LogP contribution >= 0.6 is 0 Å². The molecule has 25 heavy (non-hydrogen) atoms. The van der Waals surface area contributed by atoms with Gasteiger partial charge in [-0.05, 0) is 36.4 Å². The van der Waals surface area contributed by atoms with E-state index in [4.69, 9.17) is 5.21 Å². The number of aliphatic hydroxyl groups excluding tert-OH is 1. The minimum atomic E-state index is -3.95. The third-order valence-electron chi connectivity index (χ3n) is 3.30. The zero-order chi connectivity index (χ0) is 18.4. The molecule has 2 aromatic carbocycles. The fourth-order valence-corrected chi connectivity index (χ4v) is 3.30. The maximum atomic E-state index is 12.1. The molecule has 2 rings (SSSR count). The van der Waals surface area contributed by atoms with Crippen LogP contribution in [0.25, 0.3) is 0 Å². The molecule has 8 nitrogen and oxygen atoms in total. The normalized spacial score (nSPS) is 12.2. The number of sulfone groups is 1. The van der Waals surface area contributed by atoms with E-state index in [9.17, 15) is 23.1 Å². The van der Waals surface area contributed by atoms with Gasteiger partial charge in [0.1, 0.15) is 6.10 Å². The van der Waals surface area contributed by atoms with Gasteiger partial charge in [0.05, 0.1) is 10.6 Å². The first kappa shape index (κ1) is 18.6. The number of hydrogen-bond donors (Lipinski definition) is 4. The van der Waals surface area contributed by atoms with Gasteiger partial charge in [0, 0.05) is 11.3 Å². The van der Waals surface area contributed by atoms with Gasteiger partial charge in [-0.2, -0.15) is 0 Å². The van der Waals surface area contributed by atoms with Gasteiger partial charge < -0.3 is 10.4 Å². The highest BCUT2D eigenvalue weighted by atomic mass is 32.2. The van der Waals surface area contributed by atoms with E-state index in [1.807, 2.05) is 0 Å². The van der Waals surface area contributed by atoms with Crippen LogP contribution in [-0.4, -0.2) is 42.4 Å². The minimum Gasteiger partial charge on any atom is -0.382 e. The predicted octanol–water partition coefficient (Wildman–Crippen LogP) is 0.579. The van der Waals surface area contributed by atoms with E-state index in [1.54, 1.807) is 30.3 Å². The SMILES string of the molecule is O=C(Nc1ccc(S(=O)(=O)CC(O)C(=O)NO)cc1)c1ccccc1. The van der Waals surface area contributed by atoms with Crippen LogP contribution in [-0.2, 0) is 14.6 Å². The van der Waals surface area contributed by atoms with Crippen LogP contribution in [0.3, 0.4) is 0 Å². The fourth-order valence-electron chi connectivity index (χ4n) is 1.99. The van der Waals surface area contributed by atoms with Crippen molar-refractivity contribution in [2.24, 2.45) is 0 Å². The van der Waals surface area contributed by atoms with Crippen molar-refractivity contribution in [1.82, 2.24) is 5.48 Å². The first-order chi connectivity index (χ1) is 11.8. The van der Waals surface area contributed by atoms with E-state index in [-0.39, 0.29) is 10.8 Å². The summed E-state index contributed by atoms with van der Waals surface area (Å²) in [5.41, 5.74) is 2.03. The van der Waals surface area contributed by atoms with Gasteiger partial charge in [-0.25, -0.2) is 13.9 Å². The molecule has 1 atom stereocenters. The number of nitrogens with one attached hydrogen (secondary N) is 2. The smallest absolute Gasteiger partial charge is 0.273 e. The molecule has 0 fully saturated rings. The Morgan fingerprint density at radius 3 is 2.16 bits per heavy atom. The molecule has 132 valence electrons. The number of anilines is 1. The Bertz CT molecular complexity index is 850. The van der Waals surface area contributed by atoms with Crippen LogP contribution in [0.1, 0.15) is 10.4 Å². The van der Waals surface area contributed by atoms with E-state index in [0.717, 1.165) is 0 Å². The Balaban J connectivity index is 2.09. The van der Waals surface area contributed by atoms with Crippen molar-refractivity contribution in [3.05, 3.63) is 60.2 Å². The van der Waals surface area contributed by atoms with Crippen LogP contribution in [0.15, 0.2) is 59.5 Å². The van der Waals surface area contributed by atoms with Gasteiger partial charge in [0.25, 0.3) is 11.8 Å². The molecule has 0 heterocycles. The van der Waals surface area contributed by atoms with E-state index < -0.39 is 27.6 Å². The maximum Gasteiger partial charge on any atom is 0.273 e. The third-order valence-corrected chi connectivity index (χ3v) is 5.04. The first-order valence-corrected chi connectivity index (χ1v) is 8.80. The summed E-state index contributed by atoms with van der Waals surface area (Å²) < 4.78 is 24.2. The molecule has 0 aromatic heterocycles. The summed E-state index contributed by atoms with van der Waals surface area (Å²) in [5.74, 6) is -2.43. The number of carbonyl (C=O) groups excluding carboxylic acids is 2. The highest BCUT2D eigenvalue weighted by Crippen LogP contribution is 2.17. The Labute approximate surface area is 144 Å². The molecule has 2 amide bonds. The summed E-state index contributed by atoms with van der Waals surface area (Å²) in [6.07, 6.45) is -1.90. The predicted molar refractivity (Wildman–Crippen MR) is 88.8 cm³/mol.